The maximum atomic E-state index is 11.8. The molecule has 0 fully saturated rings. The van der Waals surface area contributed by atoms with E-state index in [0.29, 0.717) is 0 Å². The molecule has 0 aliphatic heterocycles. The summed E-state index contributed by atoms with van der Waals surface area (Å²) in [5.74, 6) is -0.420. The molecule has 1 unspecified atom stereocenters. The van der Waals surface area contributed by atoms with E-state index in [1.54, 1.807) is 0 Å². The molecule has 19 heavy (non-hydrogen) atoms. The lowest BCUT2D eigenvalue weighted by atomic mass is 9.95. The summed E-state index contributed by atoms with van der Waals surface area (Å²) in [6.45, 7) is 10.2. The van der Waals surface area contributed by atoms with Gasteiger partial charge in [0, 0.05) is 0 Å². The molecule has 0 bridgehead atoms. The molecule has 0 saturated heterocycles. The Hall–Kier alpha value is -0.610. The van der Waals surface area contributed by atoms with Gasteiger partial charge in [0.25, 0.3) is 0 Å². The summed E-state index contributed by atoms with van der Waals surface area (Å²) in [7, 11) is 0. The van der Waals surface area contributed by atoms with Crippen molar-refractivity contribution >= 4 is 5.97 Å². The van der Waals surface area contributed by atoms with Crippen molar-refractivity contribution in [1.29, 1.82) is 0 Å². The van der Waals surface area contributed by atoms with E-state index in [0.717, 1.165) is 44.9 Å². The maximum Gasteiger partial charge on any atom is 0.348 e. The van der Waals surface area contributed by atoms with Crippen LogP contribution in [0, 0.1) is 5.92 Å². The van der Waals surface area contributed by atoms with Crippen LogP contribution in [0.15, 0.2) is 0 Å². The highest BCUT2D eigenvalue weighted by molar-refractivity contribution is 5.71. The molecule has 0 N–H and O–H groups in total. The van der Waals surface area contributed by atoms with Crippen LogP contribution in [0.25, 0.3) is 0 Å². The summed E-state index contributed by atoms with van der Waals surface area (Å²) in [6.07, 6.45) is 6.18. The zero-order chi connectivity index (χ0) is 14.7. The van der Waals surface area contributed by atoms with Gasteiger partial charge in [0.2, 0.25) is 0 Å². The van der Waals surface area contributed by atoms with E-state index in [-0.39, 0.29) is 17.5 Å². The SMILES string of the molecule is CCCCC(CC)C(=O)OOOC(CC)(CC)CC. The first-order valence-electron chi connectivity index (χ1n) is 7.65. The third-order valence-electron chi connectivity index (χ3n) is 3.99. The molecule has 0 amide bonds. The van der Waals surface area contributed by atoms with Gasteiger partial charge in [-0.05, 0) is 37.1 Å². The van der Waals surface area contributed by atoms with Crippen molar-refractivity contribution in [3.05, 3.63) is 0 Å². The monoisotopic (exact) mass is 274 g/mol. The molecule has 0 heterocycles. The van der Waals surface area contributed by atoms with Crippen LogP contribution >= 0.6 is 0 Å². The fraction of sp³-hybridized carbons (Fsp3) is 0.933. The fourth-order valence-electron chi connectivity index (χ4n) is 2.06. The van der Waals surface area contributed by atoms with Crippen molar-refractivity contribution in [1.82, 2.24) is 0 Å². The third kappa shape index (κ3) is 6.39. The van der Waals surface area contributed by atoms with E-state index in [2.05, 4.69) is 6.92 Å². The van der Waals surface area contributed by atoms with Crippen LogP contribution < -0.4 is 0 Å². The largest absolute Gasteiger partial charge is 0.348 e. The van der Waals surface area contributed by atoms with Gasteiger partial charge in [-0.3, -0.25) is 4.89 Å². The quantitative estimate of drug-likeness (QED) is 0.408. The Balaban J connectivity index is 4.13. The van der Waals surface area contributed by atoms with Crippen molar-refractivity contribution in [2.45, 2.75) is 85.2 Å². The highest BCUT2D eigenvalue weighted by Gasteiger charge is 2.28. The minimum Gasteiger partial charge on any atom is -0.269 e. The van der Waals surface area contributed by atoms with Crippen LogP contribution in [-0.4, -0.2) is 11.6 Å². The normalized spacial score (nSPS) is 13.3. The second-order valence-electron chi connectivity index (χ2n) is 5.04. The predicted octanol–water partition coefficient (Wildman–Crippen LogP) is 4.58. The Kier molecular flexibility index (Phi) is 9.88. The number of hydrogen-bond donors (Lipinski definition) is 0. The van der Waals surface area contributed by atoms with Crippen molar-refractivity contribution in [3.8, 4) is 0 Å². The topological polar surface area (TPSA) is 44.8 Å². The Labute approximate surface area is 117 Å². The average molecular weight is 274 g/mol. The first-order chi connectivity index (χ1) is 9.09. The van der Waals surface area contributed by atoms with Gasteiger partial charge in [-0.1, -0.05) is 47.5 Å². The highest BCUT2D eigenvalue weighted by atomic mass is 17.5. The Morgan fingerprint density at radius 3 is 2.05 bits per heavy atom. The molecular weight excluding hydrogens is 244 g/mol. The molecule has 0 aromatic carbocycles. The summed E-state index contributed by atoms with van der Waals surface area (Å²) in [5, 5.41) is 4.75. The minimum absolute atomic E-state index is 0.0946. The number of carbonyl (C=O) groups excluding carboxylic acids is 1. The minimum atomic E-state index is -0.356. The molecule has 1 atom stereocenters. The van der Waals surface area contributed by atoms with Crippen LogP contribution in [-0.2, 0) is 19.6 Å². The molecule has 0 aliphatic carbocycles. The number of unbranched alkanes of at least 4 members (excludes halogenated alkanes) is 1. The van der Waals surface area contributed by atoms with E-state index < -0.39 is 0 Å². The van der Waals surface area contributed by atoms with E-state index in [1.807, 2.05) is 27.7 Å². The molecule has 0 aliphatic rings. The second-order valence-corrected chi connectivity index (χ2v) is 5.04. The van der Waals surface area contributed by atoms with Crippen molar-refractivity contribution in [2.24, 2.45) is 5.92 Å². The molecule has 0 radical (unpaired) electrons. The van der Waals surface area contributed by atoms with Crippen LogP contribution in [0.2, 0.25) is 0 Å². The molecule has 4 nitrogen and oxygen atoms in total. The van der Waals surface area contributed by atoms with Crippen LogP contribution in [0.4, 0.5) is 0 Å². The van der Waals surface area contributed by atoms with Gasteiger partial charge < -0.3 is 0 Å². The molecule has 0 rings (SSSR count). The van der Waals surface area contributed by atoms with E-state index in [9.17, 15) is 4.79 Å². The average Bonchev–Trinajstić information content (AvgIpc) is 2.45. The summed E-state index contributed by atoms with van der Waals surface area (Å²) in [4.78, 5) is 21.9. The lowest BCUT2D eigenvalue weighted by Crippen LogP contribution is -2.31. The van der Waals surface area contributed by atoms with E-state index in [4.69, 9.17) is 14.8 Å². The van der Waals surface area contributed by atoms with Gasteiger partial charge in [0.1, 0.15) is 5.60 Å². The van der Waals surface area contributed by atoms with Gasteiger partial charge in [0.15, 0.2) is 0 Å². The van der Waals surface area contributed by atoms with Crippen molar-refractivity contribution in [2.75, 3.05) is 0 Å². The van der Waals surface area contributed by atoms with E-state index >= 15 is 0 Å². The molecule has 114 valence electrons. The van der Waals surface area contributed by atoms with Gasteiger partial charge in [-0.25, -0.2) is 4.79 Å². The van der Waals surface area contributed by atoms with Gasteiger partial charge in [-0.15, -0.1) is 0 Å². The Morgan fingerprint density at radius 2 is 1.63 bits per heavy atom. The first kappa shape index (κ1) is 18.4. The highest BCUT2D eigenvalue weighted by Crippen LogP contribution is 2.25. The zero-order valence-corrected chi connectivity index (χ0v) is 13.2. The molecule has 0 aromatic rings. The Morgan fingerprint density at radius 1 is 1.05 bits per heavy atom. The summed E-state index contributed by atoms with van der Waals surface area (Å²) >= 11 is 0. The van der Waals surface area contributed by atoms with E-state index in [1.165, 1.54) is 0 Å². The third-order valence-corrected chi connectivity index (χ3v) is 3.99. The lowest BCUT2D eigenvalue weighted by Gasteiger charge is -2.27. The lowest BCUT2D eigenvalue weighted by molar-refractivity contribution is -0.522. The van der Waals surface area contributed by atoms with Crippen molar-refractivity contribution < 1.29 is 19.6 Å². The summed E-state index contributed by atoms with van der Waals surface area (Å²) in [6, 6.07) is 0. The molecule has 0 saturated carbocycles. The van der Waals surface area contributed by atoms with Gasteiger partial charge in [0.05, 0.1) is 5.92 Å². The molecular formula is C15H30O4. The zero-order valence-electron chi connectivity index (χ0n) is 13.2. The van der Waals surface area contributed by atoms with Crippen LogP contribution in [0.1, 0.15) is 79.6 Å². The van der Waals surface area contributed by atoms with Crippen molar-refractivity contribution in [3.63, 3.8) is 0 Å². The molecule has 4 heteroatoms. The second kappa shape index (κ2) is 10.2. The first-order valence-corrected chi connectivity index (χ1v) is 7.65. The fourth-order valence-corrected chi connectivity index (χ4v) is 2.06. The maximum absolute atomic E-state index is 11.8. The predicted molar refractivity (Wildman–Crippen MR) is 75.2 cm³/mol. The van der Waals surface area contributed by atoms with Gasteiger partial charge >= 0.3 is 5.97 Å². The van der Waals surface area contributed by atoms with Crippen LogP contribution in [0.5, 0.6) is 0 Å². The van der Waals surface area contributed by atoms with Gasteiger partial charge in [-0.2, -0.15) is 4.89 Å². The number of carbonyl (C=O) groups is 1. The Bertz CT molecular complexity index is 228. The summed E-state index contributed by atoms with van der Waals surface area (Å²) in [5.41, 5.74) is -0.356. The molecule has 0 spiro atoms. The number of hydrogen-bond acceptors (Lipinski definition) is 4. The summed E-state index contributed by atoms with van der Waals surface area (Å²) < 4.78 is 0. The smallest absolute Gasteiger partial charge is 0.269 e. The number of rotatable bonds is 11. The standard InChI is InChI=1S/C15H30O4/c1-6-11-12-13(7-2)14(16)17-19-18-15(8-3,9-4)10-5/h13H,6-12H2,1-5H3. The molecule has 0 aromatic heterocycles. The van der Waals surface area contributed by atoms with Crippen LogP contribution in [0.3, 0.4) is 0 Å².